The SMILES string of the molecule is CC(C)(C)OC(=O)N[C@@H](Cc1ccccc1)C(=O)NCCCCCCCCCCNC(=O)[C@H](Cc1ccccc1)N(C(=O)O)C(C)(C)C. The molecule has 2 aromatic rings. The number of hydrogen-bond donors (Lipinski definition) is 4. The zero-order chi connectivity index (χ0) is 35.6. The summed E-state index contributed by atoms with van der Waals surface area (Å²) in [7, 11) is 0. The summed E-state index contributed by atoms with van der Waals surface area (Å²) in [4.78, 5) is 51.9. The fourth-order valence-corrected chi connectivity index (χ4v) is 5.51. The van der Waals surface area contributed by atoms with Gasteiger partial charge in [0.05, 0.1) is 0 Å². The molecule has 0 heterocycles. The van der Waals surface area contributed by atoms with Crippen LogP contribution in [0.2, 0.25) is 0 Å². The van der Waals surface area contributed by atoms with Crippen molar-refractivity contribution in [2.45, 2.75) is 129 Å². The van der Waals surface area contributed by atoms with Crippen molar-refractivity contribution in [3.63, 3.8) is 0 Å². The molecule has 10 nitrogen and oxygen atoms in total. The molecular weight excluding hydrogens is 608 g/mol. The van der Waals surface area contributed by atoms with E-state index in [1.807, 2.05) is 60.7 Å². The van der Waals surface area contributed by atoms with Crippen LogP contribution in [0, 0.1) is 0 Å². The van der Waals surface area contributed by atoms with Crippen molar-refractivity contribution in [3.05, 3.63) is 71.8 Å². The molecule has 2 rings (SSSR count). The van der Waals surface area contributed by atoms with Gasteiger partial charge in [0.1, 0.15) is 17.7 Å². The van der Waals surface area contributed by atoms with Gasteiger partial charge in [-0.25, -0.2) is 9.59 Å². The number of hydrogen-bond acceptors (Lipinski definition) is 5. The Kier molecular flexibility index (Phi) is 17.0. The molecule has 266 valence electrons. The molecular formula is C38H58N4O6. The predicted molar refractivity (Wildman–Crippen MR) is 190 cm³/mol. The van der Waals surface area contributed by atoms with Crippen molar-refractivity contribution in [1.29, 1.82) is 0 Å². The molecule has 0 fully saturated rings. The standard InChI is InChI=1S/C38H58N4O6/c1-37(2,3)42(36(46)47)32(28-30-23-17-14-18-24-30)34(44)40-26-20-12-10-8-7-9-11-19-25-39-33(43)31(27-29-21-15-13-16-22-29)41-35(45)48-38(4,5)6/h13-18,21-24,31-32H,7-12,19-20,25-28H2,1-6H3,(H,39,43)(H,40,44)(H,41,45)(H,46,47)/t31-,32-/m0/s1. The summed E-state index contributed by atoms with van der Waals surface area (Å²) in [5.41, 5.74) is 0.488. The van der Waals surface area contributed by atoms with Gasteiger partial charge < -0.3 is 25.8 Å². The highest BCUT2D eigenvalue weighted by molar-refractivity contribution is 5.86. The third-order valence-corrected chi connectivity index (χ3v) is 7.81. The van der Waals surface area contributed by atoms with Gasteiger partial charge in [-0.1, -0.05) is 99.2 Å². The third kappa shape index (κ3) is 16.2. The molecule has 0 radical (unpaired) electrons. The van der Waals surface area contributed by atoms with Gasteiger partial charge in [-0.05, 0) is 65.5 Å². The van der Waals surface area contributed by atoms with Crippen LogP contribution in [0.1, 0.15) is 104 Å². The van der Waals surface area contributed by atoms with Crippen molar-refractivity contribution in [2.24, 2.45) is 0 Å². The number of amides is 4. The number of carbonyl (C=O) groups is 4. The van der Waals surface area contributed by atoms with Crippen LogP contribution in [0.3, 0.4) is 0 Å². The van der Waals surface area contributed by atoms with Gasteiger partial charge in [0.2, 0.25) is 11.8 Å². The number of nitrogens with one attached hydrogen (secondary N) is 3. The lowest BCUT2D eigenvalue weighted by molar-refractivity contribution is -0.127. The molecule has 4 amide bonds. The zero-order valence-electron chi connectivity index (χ0n) is 29.8. The third-order valence-electron chi connectivity index (χ3n) is 7.81. The Morgan fingerprint density at radius 2 is 1.10 bits per heavy atom. The van der Waals surface area contributed by atoms with Crippen molar-refractivity contribution < 1.29 is 29.0 Å². The predicted octanol–water partition coefficient (Wildman–Crippen LogP) is 6.87. The maximum absolute atomic E-state index is 13.2. The molecule has 0 spiro atoms. The summed E-state index contributed by atoms with van der Waals surface area (Å²) in [6.07, 6.45) is 6.94. The minimum atomic E-state index is -1.11. The van der Waals surface area contributed by atoms with Crippen LogP contribution in [-0.4, -0.2) is 70.3 Å². The summed E-state index contributed by atoms with van der Waals surface area (Å²) in [6, 6.07) is 17.5. The van der Waals surface area contributed by atoms with Gasteiger partial charge >= 0.3 is 12.2 Å². The maximum atomic E-state index is 13.2. The van der Waals surface area contributed by atoms with E-state index in [9.17, 15) is 24.3 Å². The highest BCUT2D eigenvalue weighted by Crippen LogP contribution is 2.21. The molecule has 10 heteroatoms. The van der Waals surface area contributed by atoms with Crippen LogP contribution in [0.4, 0.5) is 9.59 Å². The summed E-state index contributed by atoms with van der Waals surface area (Å²) in [6.45, 7) is 11.8. The lowest BCUT2D eigenvalue weighted by Gasteiger charge is -2.39. The van der Waals surface area contributed by atoms with Crippen LogP contribution >= 0.6 is 0 Å². The van der Waals surface area contributed by atoms with E-state index < -0.39 is 35.4 Å². The van der Waals surface area contributed by atoms with Crippen molar-refractivity contribution >= 4 is 24.0 Å². The molecule has 0 bridgehead atoms. The van der Waals surface area contributed by atoms with Crippen LogP contribution in [0.25, 0.3) is 0 Å². The van der Waals surface area contributed by atoms with Gasteiger partial charge in [-0.3, -0.25) is 14.5 Å². The lowest BCUT2D eigenvalue weighted by atomic mass is 9.98. The van der Waals surface area contributed by atoms with E-state index in [2.05, 4.69) is 16.0 Å². The fourth-order valence-electron chi connectivity index (χ4n) is 5.51. The van der Waals surface area contributed by atoms with E-state index >= 15 is 0 Å². The molecule has 0 aliphatic heterocycles. The highest BCUT2D eigenvalue weighted by Gasteiger charge is 2.37. The minimum absolute atomic E-state index is 0.225. The zero-order valence-corrected chi connectivity index (χ0v) is 29.8. The maximum Gasteiger partial charge on any atom is 0.408 e. The Morgan fingerprint density at radius 1 is 0.667 bits per heavy atom. The van der Waals surface area contributed by atoms with Gasteiger partial charge in [-0.2, -0.15) is 0 Å². The quantitative estimate of drug-likeness (QED) is 0.121. The topological polar surface area (TPSA) is 137 Å². The van der Waals surface area contributed by atoms with Crippen molar-refractivity contribution in [2.75, 3.05) is 13.1 Å². The number of ether oxygens (including phenoxy) is 1. The van der Waals surface area contributed by atoms with E-state index in [4.69, 9.17) is 4.74 Å². The Balaban J connectivity index is 1.66. The molecule has 0 aliphatic rings. The Labute approximate surface area is 287 Å². The van der Waals surface area contributed by atoms with Crippen LogP contribution < -0.4 is 16.0 Å². The van der Waals surface area contributed by atoms with Gasteiger partial charge in [0, 0.05) is 31.5 Å². The molecule has 48 heavy (non-hydrogen) atoms. The van der Waals surface area contributed by atoms with Gasteiger partial charge in [-0.15, -0.1) is 0 Å². The molecule has 0 saturated carbocycles. The highest BCUT2D eigenvalue weighted by atomic mass is 16.6. The summed E-state index contributed by atoms with van der Waals surface area (Å²) < 4.78 is 5.36. The lowest BCUT2D eigenvalue weighted by Crippen LogP contribution is -2.57. The van der Waals surface area contributed by atoms with E-state index in [-0.39, 0.29) is 11.8 Å². The summed E-state index contributed by atoms with van der Waals surface area (Å²) >= 11 is 0. The second-order valence-corrected chi connectivity index (χ2v) is 14.3. The first-order valence-electron chi connectivity index (χ1n) is 17.3. The molecule has 0 unspecified atom stereocenters. The minimum Gasteiger partial charge on any atom is -0.465 e. The van der Waals surface area contributed by atoms with Crippen molar-refractivity contribution in [1.82, 2.24) is 20.9 Å². The number of carboxylic acid groups (broad SMARTS) is 1. The van der Waals surface area contributed by atoms with Crippen LogP contribution in [-0.2, 0) is 27.2 Å². The Bertz CT molecular complexity index is 1260. The molecule has 0 aromatic heterocycles. The normalized spacial score (nSPS) is 12.8. The number of unbranched alkanes of at least 4 members (excludes halogenated alkanes) is 7. The average molecular weight is 667 g/mol. The van der Waals surface area contributed by atoms with Gasteiger partial charge in [0.15, 0.2) is 0 Å². The molecule has 4 N–H and O–H groups in total. The number of nitrogens with zero attached hydrogens (tertiary/aromatic N) is 1. The van der Waals surface area contributed by atoms with E-state index in [0.717, 1.165) is 62.5 Å². The van der Waals surface area contributed by atoms with Gasteiger partial charge in [0.25, 0.3) is 0 Å². The summed E-state index contributed by atoms with van der Waals surface area (Å²) in [5.74, 6) is -0.493. The van der Waals surface area contributed by atoms with E-state index in [1.54, 1.807) is 41.5 Å². The number of carbonyl (C=O) groups excluding carboxylic acids is 3. The number of benzene rings is 2. The fraction of sp³-hybridized carbons (Fsp3) is 0.579. The molecule has 0 aliphatic carbocycles. The van der Waals surface area contributed by atoms with Crippen molar-refractivity contribution in [3.8, 4) is 0 Å². The van der Waals surface area contributed by atoms with Crippen LogP contribution in [0.5, 0.6) is 0 Å². The first-order valence-corrected chi connectivity index (χ1v) is 17.3. The first-order chi connectivity index (χ1) is 22.7. The molecule has 0 saturated heterocycles. The second kappa shape index (κ2) is 20.3. The Morgan fingerprint density at radius 3 is 1.54 bits per heavy atom. The molecule has 2 atom stereocenters. The van der Waals surface area contributed by atoms with Crippen LogP contribution in [0.15, 0.2) is 60.7 Å². The number of rotatable bonds is 19. The Hall–Kier alpha value is -4.08. The smallest absolute Gasteiger partial charge is 0.408 e. The van der Waals surface area contributed by atoms with E-state index in [1.165, 1.54) is 4.90 Å². The largest absolute Gasteiger partial charge is 0.465 e. The number of alkyl carbamates (subject to hydrolysis) is 1. The van der Waals surface area contributed by atoms with E-state index in [0.29, 0.717) is 25.9 Å². The second-order valence-electron chi connectivity index (χ2n) is 14.3. The monoisotopic (exact) mass is 666 g/mol. The first kappa shape index (κ1) is 40.1. The average Bonchev–Trinajstić information content (AvgIpc) is 3.00. The summed E-state index contributed by atoms with van der Waals surface area (Å²) in [5, 5.41) is 18.6. The molecule has 2 aromatic carbocycles.